The Bertz CT molecular complexity index is 522. The lowest BCUT2D eigenvalue weighted by Crippen LogP contribution is -2.06. The molecular formula is C9H9N5O2. The van der Waals surface area contributed by atoms with Crippen molar-refractivity contribution in [2.75, 3.05) is 12.8 Å². The number of anilines is 1. The van der Waals surface area contributed by atoms with Gasteiger partial charge in [0.25, 0.3) is 5.82 Å². The summed E-state index contributed by atoms with van der Waals surface area (Å²) in [6.07, 6.45) is 1.37. The van der Waals surface area contributed by atoms with Crippen LogP contribution in [0.2, 0.25) is 0 Å². The van der Waals surface area contributed by atoms with Crippen molar-refractivity contribution < 1.29 is 9.53 Å². The molecule has 2 N–H and O–H groups in total. The van der Waals surface area contributed by atoms with Crippen molar-refractivity contribution >= 4 is 11.8 Å². The maximum Gasteiger partial charge on any atom is 0.377 e. The number of carbonyl (C=O) groups is 1. The molecular weight excluding hydrogens is 210 g/mol. The molecule has 0 fully saturated rings. The van der Waals surface area contributed by atoms with Crippen LogP contribution in [0.1, 0.15) is 10.6 Å². The molecule has 7 nitrogen and oxygen atoms in total. The van der Waals surface area contributed by atoms with Crippen LogP contribution in [0.5, 0.6) is 0 Å². The van der Waals surface area contributed by atoms with E-state index in [0.717, 1.165) is 0 Å². The number of pyridine rings is 1. The predicted molar refractivity (Wildman–Crippen MR) is 54.9 cm³/mol. The van der Waals surface area contributed by atoms with Gasteiger partial charge in [0, 0.05) is 0 Å². The Labute approximate surface area is 90.9 Å². The van der Waals surface area contributed by atoms with E-state index in [1.54, 1.807) is 18.2 Å². The SMILES string of the molecule is COC(=O)c1ncn(-c2cccc(N)n2)n1. The van der Waals surface area contributed by atoms with Gasteiger partial charge in [-0.2, -0.15) is 0 Å². The fourth-order valence-corrected chi connectivity index (χ4v) is 1.13. The van der Waals surface area contributed by atoms with Crippen molar-refractivity contribution in [3.63, 3.8) is 0 Å². The van der Waals surface area contributed by atoms with Gasteiger partial charge in [0.2, 0.25) is 0 Å². The maximum atomic E-state index is 11.1. The van der Waals surface area contributed by atoms with Crippen LogP contribution >= 0.6 is 0 Å². The molecule has 0 unspecified atom stereocenters. The number of esters is 1. The molecule has 0 saturated heterocycles. The van der Waals surface area contributed by atoms with E-state index in [4.69, 9.17) is 5.73 Å². The van der Waals surface area contributed by atoms with E-state index in [2.05, 4.69) is 19.8 Å². The number of hydrogen-bond donors (Lipinski definition) is 1. The van der Waals surface area contributed by atoms with Gasteiger partial charge in [0.15, 0.2) is 5.82 Å². The number of methoxy groups -OCH3 is 1. The van der Waals surface area contributed by atoms with Gasteiger partial charge in [-0.1, -0.05) is 6.07 Å². The Hall–Kier alpha value is -2.44. The second-order valence-corrected chi connectivity index (χ2v) is 2.92. The minimum absolute atomic E-state index is 0.0216. The van der Waals surface area contributed by atoms with Crippen LogP contribution in [0.4, 0.5) is 5.82 Å². The average Bonchev–Trinajstić information content (AvgIpc) is 2.77. The van der Waals surface area contributed by atoms with Crippen molar-refractivity contribution in [2.45, 2.75) is 0 Å². The summed E-state index contributed by atoms with van der Waals surface area (Å²) >= 11 is 0. The number of aromatic nitrogens is 4. The monoisotopic (exact) mass is 219 g/mol. The van der Waals surface area contributed by atoms with E-state index in [1.165, 1.54) is 18.1 Å². The number of nitrogen functional groups attached to an aromatic ring is 1. The minimum atomic E-state index is -0.595. The molecule has 16 heavy (non-hydrogen) atoms. The van der Waals surface area contributed by atoms with Gasteiger partial charge in [-0.25, -0.2) is 19.4 Å². The Morgan fingerprint density at radius 2 is 2.31 bits per heavy atom. The van der Waals surface area contributed by atoms with Crippen LogP contribution in [0.15, 0.2) is 24.5 Å². The Morgan fingerprint density at radius 3 is 3.00 bits per heavy atom. The quantitative estimate of drug-likeness (QED) is 0.716. The second kappa shape index (κ2) is 3.97. The zero-order valence-corrected chi connectivity index (χ0v) is 8.49. The fraction of sp³-hybridized carbons (Fsp3) is 0.111. The Kier molecular flexibility index (Phi) is 2.50. The lowest BCUT2D eigenvalue weighted by Gasteiger charge is -1.99. The molecule has 0 saturated carbocycles. The van der Waals surface area contributed by atoms with Crippen molar-refractivity contribution in [3.8, 4) is 5.82 Å². The number of ether oxygens (including phenoxy) is 1. The molecule has 0 atom stereocenters. The number of rotatable bonds is 2. The van der Waals surface area contributed by atoms with Gasteiger partial charge < -0.3 is 10.5 Å². The molecule has 0 aliphatic rings. The summed E-state index contributed by atoms with van der Waals surface area (Å²) in [4.78, 5) is 18.9. The highest BCUT2D eigenvalue weighted by Gasteiger charge is 2.12. The smallest absolute Gasteiger partial charge is 0.377 e. The molecule has 7 heteroatoms. The van der Waals surface area contributed by atoms with E-state index < -0.39 is 5.97 Å². The van der Waals surface area contributed by atoms with Gasteiger partial charge >= 0.3 is 5.97 Å². The molecule has 0 aliphatic carbocycles. The third kappa shape index (κ3) is 1.83. The fourth-order valence-electron chi connectivity index (χ4n) is 1.13. The van der Waals surface area contributed by atoms with Crippen molar-refractivity contribution in [2.24, 2.45) is 0 Å². The normalized spacial score (nSPS) is 10.1. The molecule has 2 rings (SSSR count). The van der Waals surface area contributed by atoms with E-state index in [0.29, 0.717) is 11.6 Å². The highest BCUT2D eigenvalue weighted by atomic mass is 16.5. The van der Waals surface area contributed by atoms with Gasteiger partial charge in [0.05, 0.1) is 7.11 Å². The van der Waals surface area contributed by atoms with Crippen LogP contribution in [-0.4, -0.2) is 32.8 Å². The van der Waals surface area contributed by atoms with Crippen LogP contribution in [0, 0.1) is 0 Å². The molecule has 0 bridgehead atoms. The first kappa shape index (κ1) is 10.1. The zero-order valence-electron chi connectivity index (χ0n) is 8.49. The summed E-state index contributed by atoms with van der Waals surface area (Å²) in [5.41, 5.74) is 5.52. The van der Waals surface area contributed by atoms with Gasteiger partial charge in [-0.15, -0.1) is 5.10 Å². The summed E-state index contributed by atoms with van der Waals surface area (Å²) in [6.45, 7) is 0. The average molecular weight is 219 g/mol. The summed E-state index contributed by atoms with van der Waals surface area (Å²) < 4.78 is 5.84. The first-order valence-corrected chi connectivity index (χ1v) is 4.43. The minimum Gasteiger partial charge on any atom is -0.463 e. The summed E-state index contributed by atoms with van der Waals surface area (Å²) in [5, 5.41) is 3.91. The Balaban J connectivity index is 2.35. The first-order valence-electron chi connectivity index (χ1n) is 4.43. The topological polar surface area (TPSA) is 95.9 Å². The molecule has 0 radical (unpaired) electrons. The molecule has 2 aromatic rings. The predicted octanol–water partition coefficient (Wildman–Crippen LogP) is 0.0311. The Morgan fingerprint density at radius 1 is 1.50 bits per heavy atom. The number of nitrogens with two attached hydrogens (primary N) is 1. The molecule has 0 aliphatic heterocycles. The van der Waals surface area contributed by atoms with E-state index in [1.807, 2.05) is 0 Å². The van der Waals surface area contributed by atoms with E-state index >= 15 is 0 Å². The molecule has 2 aromatic heterocycles. The molecule has 82 valence electrons. The second-order valence-electron chi connectivity index (χ2n) is 2.92. The highest BCUT2D eigenvalue weighted by molar-refractivity contribution is 5.84. The van der Waals surface area contributed by atoms with Gasteiger partial charge in [-0.05, 0) is 12.1 Å². The summed E-state index contributed by atoms with van der Waals surface area (Å²) in [5.74, 6) is 0.240. The van der Waals surface area contributed by atoms with Gasteiger partial charge in [0.1, 0.15) is 12.1 Å². The van der Waals surface area contributed by atoms with E-state index in [9.17, 15) is 4.79 Å². The largest absolute Gasteiger partial charge is 0.463 e. The van der Waals surface area contributed by atoms with Crippen LogP contribution in [0.3, 0.4) is 0 Å². The summed E-state index contributed by atoms with van der Waals surface area (Å²) in [7, 11) is 1.27. The summed E-state index contributed by atoms with van der Waals surface area (Å²) in [6, 6.07) is 5.09. The van der Waals surface area contributed by atoms with E-state index in [-0.39, 0.29) is 5.82 Å². The molecule has 0 amide bonds. The maximum absolute atomic E-state index is 11.1. The van der Waals surface area contributed by atoms with Crippen LogP contribution < -0.4 is 5.73 Å². The van der Waals surface area contributed by atoms with Crippen molar-refractivity contribution in [1.29, 1.82) is 0 Å². The zero-order chi connectivity index (χ0) is 11.5. The molecule has 0 aromatic carbocycles. The number of carbonyl (C=O) groups excluding carboxylic acids is 1. The van der Waals surface area contributed by atoms with Gasteiger partial charge in [-0.3, -0.25) is 0 Å². The van der Waals surface area contributed by atoms with Crippen LogP contribution in [0.25, 0.3) is 5.82 Å². The highest BCUT2D eigenvalue weighted by Crippen LogP contribution is 2.05. The number of hydrogen-bond acceptors (Lipinski definition) is 6. The van der Waals surface area contributed by atoms with Crippen molar-refractivity contribution in [3.05, 3.63) is 30.4 Å². The number of nitrogens with zero attached hydrogens (tertiary/aromatic N) is 4. The third-order valence-corrected chi connectivity index (χ3v) is 1.85. The third-order valence-electron chi connectivity index (χ3n) is 1.85. The lowest BCUT2D eigenvalue weighted by atomic mass is 10.4. The molecule has 2 heterocycles. The first-order chi connectivity index (χ1) is 7.70. The van der Waals surface area contributed by atoms with Crippen LogP contribution in [-0.2, 0) is 4.74 Å². The standard InChI is InChI=1S/C9H9N5O2/c1-16-9(15)8-11-5-14(13-8)7-4-2-3-6(10)12-7/h2-5H,1H3,(H2,10,12). The van der Waals surface area contributed by atoms with Crippen molar-refractivity contribution in [1.82, 2.24) is 19.7 Å². The lowest BCUT2D eigenvalue weighted by molar-refractivity contribution is 0.0587. The molecule has 0 spiro atoms.